The number of ketones is 1. The number of aliphatic carboxylic acids is 1. The van der Waals surface area contributed by atoms with E-state index in [2.05, 4.69) is 19.6 Å². The van der Waals surface area contributed by atoms with Crippen LogP contribution in [0.25, 0.3) is 0 Å². The fraction of sp³-hybridized carbons (Fsp3) is 0.778. The summed E-state index contributed by atoms with van der Waals surface area (Å²) in [5.41, 5.74) is 0.317. The van der Waals surface area contributed by atoms with Gasteiger partial charge < -0.3 is 9.90 Å². The SMILES string of the molecule is CC(=O)C(C)[Si](C)(C)C.CC(=O)O. The highest BCUT2D eigenvalue weighted by molar-refractivity contribution is 6.80. The fourth-order valence-corrected chi connectivity index (χ4v) is 1.83. The zero-order valence-corrected chi connectivity index (χ0v) is 10.3. The molecule has 1 unspecified atom stereocenters. The maximum absolute atomic E-state index is 10.8. The van der Waals surface area contributed by atoms with Crippen molar-refractivity contribution >= 4 is 19.8 Å². The summed E-state index contributed by atoms with van der Waals surface area (Å²) >= 11 is 0. The van der Waals surface area contributed by atoms with Gasteiger partial charge in [0.1, 0.15) is 5.78 Å². The summed E-state index contributed by atoms with van der Waals surface area (Å²) in [6, 6.07) is 0. The van der Waals surface area contributed by atoms with Crippen LogP contribution in [0.1, 0.15) is 20.8 Å². The molecule has 0 saturated heterocycles. The first-order valence-corrected chi connectivity index (χ1v) is 7.86. The van der Waals surface area contributed by atoms with Gasteiger partial charge in [-0.15, -0.1) is 0 Å². The lowest BCUT2D eigenvalue weighted by molar-refractivity contribution is -0.134. The molecule has 0 rings (SSSR count). The molecule has 1 N–H and O–H groups in total. The summed E-state index contributed by atoms with van der Waals surface area (Å²) < 4.78 is 0. The van der Waals surface area contributed by atoms with E-state index >= 15 is 0 Å². The molecule has 0 aliphatic carbocycles. The Hall–Kier alpha value is -0.643. The van der Waals surface area contributed by atoms with Gasteiger partial charge in [-0.25, -0.2) is 0 Å². The van der Waals surface area contributed by atoms with Gasteiger partial charge in [-0.3, -0.25) is 4.79 Å². The van der Waals surface area contributed by atoms with Crippen LogP contribution in [0.4, 0.5) is 0 Å². The summed E-state index contributed by atoms with van der Waals surface area (Å²) in [7, 11) is -1.17. The quantitative estimate of drug-likeness (QED) is 0.703. The normalized spacial score (nSPS) is 12.5. The zero-order chi connectivity index (χ0) is 11.2. The lowest BCUT2D eigenvalue weighted by atomic mass is 10.3. The van der Waals surface area contributed by atoms with E-state index in [-0.39, 0.29) is 0 Å². The van der Waals surface area contributed by atoms with Crippen LogP contribution in [0.15, 0.2) is 0 Å². The zero-order valence-electron chi connectivity index (χ0n) is 9.34. The van der Waals surface area contributed by atoms with Crippen molar-refractivity contribution in [1.82, 2.24) is 0 Å². The third-order valence-electron chi connectivity index (χ3n) is 1.91. The van der Waals surface area contributed by atoms with Gasteiger partial charge in [0, 0.05) is 12.5 Å². The predicted molar refractivity (Wildman–Crippen MR) is 56.8 cm³/mol. The van der Waals surface area contributed by atoms with E-state index in [0.717, 1.165) is 6.92 Å². The van der Waals surface area contributed by atoms with Crippen LogP contribution in [-0.4, -0.2) is 24.9 Å². The molecule has 3 nitrogen and oxygen atoms in total. The van der Waals surface area contributed by atoms with E-state index in [1.807, 2.05) is 6.92 Å². The van der Waals surface area contributed by atoms with Crippen molar-refractivity contribution < 1.29 is 14.7 Å². The lowest BCUT2D eigenvalue weighted by Crippen LogP contribution is -2.30. The Kier molecular flexibility index (Phi) is 6.75. The molecule has 13 heavy (non-hydrogen) atoms. The van der Waals surface area contributed by atoms with E-state index in [0.29, 0.717) is 11.3 Å². The molecule has 4 heteroatoms. The van der Waals surface area contributed by atoms with Gasteiger partial charge in [0.15, 0.2) is 0 Å². The maximum Gasteiger partial charge on any atom is 0.300 e. The van der Waals surface area contributed by atoms with Gasteiger partial charge >= 0.3 is 0 Å². The van der Waals surface area contributed by atoms with Crippen LogP contribution >= 0.6 is 0 Å². The highest BCUT2D eigenvalue weighted by atomic mass is 28.3. The molecule has 0 radical (unpaired) electrons. The largest absolute Gasteiger partial charge is 0.481 e. The number of hydrogen-bond acceptors (Lipinski definition) is 2. The molecule has 0 fully saturated rings. The predicted octanol–water partition coefficient (Wildman–Crippen LogP) is 2.39. The van der Waals surface area contributed by atoms with Crippen LogP contribution in [0, 0.1) is 0 Å². The third kappa shape index (κ3) is 11.4. The van der Waals surface area contributed by atoms with E-state index in [9.17, 15) is 4.79 Å². The Balaban J connectivity index is 0. The number of carbonyl (C=O) groups is 2. The summed E-state index contributed by atoms with van der Waals surface area (Å²) in [5.74, 6) is -0.492. The number of carboxylic acid groups (broad SMARTS) is 1. The number of rotatable bonds is 2. The Labute approximate surface area is 81.2 Å². The van der Waals surface area contributed by atoms with Crippen LogP contribution in [0.5, 0.6) is 0 Å². The molecule has 0 heterocycles. The highest BCUT2D eigenvalue weighted by Gasteiger charge is 2.25. The highest BCUT2D eigenvalue weighted by Crippen LogP contribution is 2.20. The lowest BCUT2D eigenvalue weighted by Gasteiger charge is -2.21. The molecular weight excluding hydrogens is 184 g/mol. The van der Waals surface area contributed by atoms with Crippen LogP contribution in [0.3, 0.4) is 0 Å². The van der Waals surface area contributed by atoms with Crippen molar-refractivity contribution in [3.63, 3.8) is 0 Å². The monoisotopic (exact) mass is 204 g/mol. The first-order valence-electron chi connectivity index (χ1n) is 4.29. The number of carboxylic acids is 1. The van der Waals surface area contributed by atoms with Gasteiger partial charge in [-0.1, -0.05) is 26.6 Å². The second-order valence-electron chi connectivity index (χ2n) is 4.22. The molecule has 1 atom stereocenters. The molecule has 0 aliphatic heterocycles. The summed E-state index contributed by atoms with van der Waals surface area (Å²) in [4.78, 5) is 19.8. The van der Waals surface area contributed by atoms with Gasteiger partial charge in [0.05, 0.1) is 8.07 Å². The Bertz CT molecular complexity index is 178. The summed E-state index contributed by atoms with van der Waals surface area (Å²) in [5, 5.41) is 7.42. The molecule has 0 amide bonds. The van der Waals surface area contributed by atoms with Crippen LogP contribution in [0.2, 0.25) is 25.2 Å². The Morgan fingerprint density at radius 1 is 1.15 bits per heavy atom. The molecule has 78 valence electrons. The van der Waals surface area contributed by atoms with E-state index < -0.39 is 14.0 Å². The first kappa shape index (κ1) is 14.9. The van der Waals surface area contributed by atoms with Crippen molar-refractivity contribution in [3.8, 4) is 0 Å². The molecule has 0 spiro atoms. The molecule has 0 bridgehead atoms. The van der Waals surface area contributed by atoms with Crippen molar-refractivity contribution in [2.75, 3.05) is 0 Å². The molecular formula is C9H20O3Si. The molecule has 0 aromatic heterocycles. The Morgan fingerprint density at radius 2 is 1.38 bits per heavy atom. The van der Waals surface area contributed by atoms with E-state index in [1.54, 1.807) is 6.92 Å². The van der Waals surface area contributed by atoms with Gasteiger partial charge in [-0.2, -0.15) is 0 Å². The maximum atomic E-state index is 10.8. The fourth-order valence-electron chi connectivity index (χ4n) is 0.610. The van der Waals surface area contributed by atoms with Crippen LogP contribution in [-0.2, 0) is 9.59 Å². The second kappa shape index (κ2) is 5.91. The first-order chi connectivity index (χ1) is 5.59. The van der Waals surface area contributed by atoms with Gasteiger partial charge in [0.25, 0.3) is 5.97 Å². The van der Waals surface area contributed by atoms with Gasteiger partial charge in [-0.05, 0) is 6.92 Å². The Morgan fingerprint density at radius 3 is 1.38 bits per heavy atom. The third-order valence-corrected chi connectivity index (χ3v) is 4.91. The molecule has 0 aromatic rings. The van der Waals surface area contributed by atoms with E-state index in [4.69, 9.17) is 9.90 Å². The number of carbonyl (C=O) groups excluding carboxylic acids is 1. The average Bonchev–Trinajstić information content (AvgIpc) is 1.82. The summed E-state index contributed by atoms with van der Waals surface area (Å²) in [6.45, 7) is 11.5. The molecule has 0 aromatic carbocycles. The molecule has 0 aliphatic rings. The van der Waals surface area contributed by atoms with Crippen LogP contribution < -0.4 is 0 Å². The van der Waals surface area contributed by atoms with Crippen molar-refractivity contribution in [2.24, 2.45) is 0 Å². The van der Waals surface area contributed by atoms with E-state index in [1.165, 1.54) is 0 Å². The number of Topliss-reactive ketones (excluding diaryl/α,β-unsaturated/α-hetero) is 1. The molecule has 0 saturated carbocycles. The minimum atomic E-state index is -1.17. The van der Waals surface area contributed by atoms with Crippen molar-refractivity contribution in [2.45, 2.75) is 46.0 Å². The second-order valence-corrected chi connectivity index (χ2v) is 9.82. The topological polar surface area (TPSA) is 54.4 Å². The summed E-state index contributed by atoms with van der Waals surface area (Å²) in [6.07, 6.45) is 0. The average molecular weight is 204 g/mol. The minimum absolute atomic E-state index is 0.317. The standard InChI is InChI=1S/C7H16OSi.C2H4O2/c1-6(8)7(2)9(3,4)5;1-2(3)4/h7H,1-5H3;1H3,(H,3,4). The van der Waals surface area contributed by atoms with Gasteiger partial charge in [0.2, 0.25) is 0 Å². The minimum Gasteiger partial charge on any atom is -0.481 e. The smallest absolute Gasteiger partial charge is 0.300 e. The van der Waals surface area contributed by atoms with Crippen molar-refractivity contribution in [1.29, 1.82) is 0 Å². The van der Waals surface area contributed by atoms with Crippen molar-refractivity contribution in [3.05, 3.63) is 0 Å². The number of hydrogen-bond donors (Lipinski definition) is 1.